The van der Waals surface area contributed by atoms with Gasteiger partial charge in [0.1, 0.15) is 5.82 Å². The Hall–Kier alpha value is -3.35. The third-order valence-electron chi connectivity index (χ3n) is 5.79. The average Bonchev–Trinajstić information content (AvgIpc) is 3.28. The van der Waals surface area contributed by atoms with Crippen molar-refractivity contribution in [1.29, 1.82) is 0 Å². The number of sulfonamides is 1. The smallest absolute Gasteiger partial charge is 0.269 e. The summed E-state index contributed by atoms with van der Waals surface area (Å²) in [7, 11) is -3.82. The fourth-order valence-corrected chi connectivity index (χ4v) is 5.54. The van der Waals surface area contributed by atoms with E-state index in [2.05, 4.69) is 10.4 Å². The van der Waals surface area contributed by atoms with E-state index in [4.69, 9.17) is 11.6 Å². The first-order valence-corrected chi connectivity index (χ1v) is 12.5. The number of amides is 1. The average molecular weight is 522 g/mol. The van der Waals surface area contributed by atoms with Crippen LogP contribution in [0, 0.1) is 21.8 Å². The van der Waals surface area contributed by atoms with Crippen LogP contribution in [0.25, 0.3) is 0 Å². The van der Waals surface area contributed by atoms with E-state index >= 15 is 0 Å². The maximum atomic E-state index is 14.0. The van der Waals surface area contributed by atoms with E-state index in [1.165, 1.54) is 39.4 Å². The second-order valence-corrected chi connectivity index (χ2v) is 10.4. The molecule has 35 heavy (non-hydrogen) atoms. The Bertz CT molecular complexity index is 1330. The van der Waals surface area contributed by atoms with E-state index in [0.717, 1.165) is 12.1 Å². The number of piperidine rings is 1. The molecule has 4 rings (SSSR count). The van der Waals surface area contributed by atoms with Crippen LogP contribution in [0.1, 0.15) is 18.4 Å². The minimum atomic E-state index is -3.82. The summed E-state index contributed by atoms with van der Waals surface area (Å²) in [4.78, 5) is 22.9. The van der Waals surface area contributed by atoms with Gasteiger partial charge in [0, 0.05) is 47.9 Å². The third-order valence-corrected chi connectivity index (χ3v) is 8.06. The molecular formula is C22H21ClFN5O5S. The molecule has 0 saturated carbocycles. The molecule has 0 atom stereocenters. The van der Waals surface area contributed by atoms with Crippen LogP contribution in [-0.2, 0) is 21.4 Å². The second-order valence-electron chi connectivity index (χ2n) is 8.05. The molecule has 0 spiro atoms. The van der Waals surface area contributed by atoms with Gasteiger partial charge in [0.25, 0.3) is 5.69 Å². The topological polar surface area (TPSA) is 127 Å². The molecule has 3 aromatic rings. The summed E-state index contributed by atoms with van der Waals surface area (Å²) in [5.74, 6) is -1.11. The van der Waals surface area contributed by atoms with Crippen molar-refractivity contribution in [2.75, 3.05) is 18.4 Å². The number of benzene rings is 2. The molecule has 1 amide bonds. The SMILES string of the molecule is O=C(Nc1cnn(Cc2c(F)cccc2Cl)c1)C1CCN(S(=O)(=O)c2ccc([N+](=O)[O-])cc2)CC1. The Labute approximate surface area is 205 Å². The number of anilines is 1. The number of carbonyl (C=O) groups excluding carboxylic acids is 1. The van der Waals surface area contributed by atoms with Crippen LogP contribution in [0.15, 0.2) is 59.8 Å². The number of hydrogen-bond acceptors (Lipinski definition) is 6. The van der Waals surface area contributed by atoms with Crippen LogP contribution in [0.3, 0.4) is 0 Å². The summed E-state index contributed by atoms with van der Waals surface area (Å²) in [5.41, 5.74) is 0.528. The maximum Gasteiger partial charge on any atom is 0.269 e. The molecule has 2 aromatic carbocycles. The third kappa shape index (κ3) is 5.50. The number of rotatable bonds is 7. The second kappa shape index (κ2) is 10.1. The summed E-state index contributed by atoms with van der Waals surface area (Å²) in [6, 6.07) is 9.11. The minimum Gasteiger partial charge on any atom is -0.323 e. The standard InChI is InChI=1S/C22H21ClFN5O5S/c23-20-2-1-3-21(24)19(20)14-27-13-16(12-25-27)26-22(30)15-8-10-28(11-9-15)35(33,34)18-6-4-17(5-7-18)29(31)32/h1-7,12-13,15H,8-11,14H2,(H,26,30). The summed E-state index contributed by atoms with van der Waals surface area (Å²) in [5, 5.41) is 18.0. The number of nitro benzene ring substituents is 1. The van der Waals surface area contributed by atoms with Gasteiger partial charge in [-0.2, -0.15) is 9.40 Å². The monoisotopic (exact) mass is 521 g/mol. The molecule has 2 heterocycles. The predicted molar refractivity (Wildman–Crippen MR) is 126 cm³/mol. The van der Waals surface area contributed by atoms with Crippen molar-refractivity contribution < 1.29 is 22.5 Å². The van der Waals surface area contributed by atoms with Crippen molar-refractivity contribution in [2.45, 2.75) is 24.3 Å². The van der Waals surface area contributed by atoms with Crippen LogP contribution in [0.4, 0.5) is 15.8 Å². The summed E-state index contributed by atoms with van der Waals surface area (Å²) < 4.78 is 42.4. The number of nitrogens with zero attached hydrogens (tertiary/aromatic N) is 4. The van der Waals surface area contributed by atoms with Gasteiger partial charge in [0.2, 0.25) is 15.9 Å². The lowest BCUT2D eigenvalue weighted by Gasteiger charge is -2.30. The minimum absolute atomic E-state index is 0.0339. The van der Waals surface area contributed by atoms with Crippen molar-refractivity contribution in [1.82, 2.24) is 14.1 Å². The highest BCUT2D eigenvalue weighted by Gasteiger charge is 2.32. The summed E-state index contributed by atoms with van der Waals surface area (Å²) in [6.07, 6.45) is 3.64. The van der Waals surface area contributed by atoms with Gasteiger partial charge in [0.05, 0.1) is 28.2 Å². The lowest BCUT2D eigenvalue weighted by Crippen LogP contribution is -2.41. The first-order valence-electron chi connectivity index (χ1n) is 10.7. The molecule has 1 aliphatic rings. The Morgan fingerprint density at radius 1 is 1.20 bits per heavy atom. The zero-order valence-electron chi connectivity index (χ0n) is 18.3. The van der Waals surface area contributed by atoms with Crippen molar-refractivity contribution in [2.24, 2.45) is 5.92 Å². The van der Waals surface area contributed by atoms with Crippen LogP contribution in [0.5, 0.6) is 0 Å². The lowest BCUT2D eigenvalue weighted by atomic mass is 9.97. The van der Waals surface area contributed by atoms with Gasteiger partial charge in [-0.25, -0.2) is 12.8 Å². The molecule has 0 unspecified atom stereocenters. The maximum absolute atomic E-state index is 14.0. The Kier molecular flexibility index (Phi) is 7.15. The van der Waals surface area contributed by atoms with Gasteiger partial charge >= 0.3 is 0 Å². The molecule has 1 fully saturated rings. The Balaban J connectivity index is 1.34. The zero-order chi connectivity index (χ0) is 25.2. The molecule has 13 heteroatoms. The molecule has 1 aromatic heterocycles. The van der Waals surface area contributed by atoms with Gasteiger partial charge in [0.15, 0.2) is 0 Å². The lowest BCUT2D eigenvalue weighted by molar-refractivity contribution is -0.384. The Morgan fingerprint density at radius 2 is 1.89 bits per heavy atom. The van der Waals surface area contributed by atoms with Gasteiger partial charge in [-0.1, -0.05) is 17.7 Å². The first-order chi connectivity index (χ1) is 16.6. The number of halogens is 2. The van der Waals surface area contributed by atoms with E-state index < -0.39 is 26.7 Å². The van der Waals surface area contributed by atoms with Crippen molar-refractivity contribution in [3.63, 3.8) is 0 Å². The molecule has 1 N–H and O–H groups in total. The van der Waals surface area contributed by atoms with E-state index in [1.54, 1.807) is 12.3 Å². The van der Waals surface area contributed by atoms with Gasteiger partial charge in [-0.05, 0) is 37.1 Å². The van der Waals surface area contributed by atoms with Crippen molar-refractivity contribution in [3.8, 4) is 0 Å². The quantitative estimate of drug-likeness (QED) is 0.373. The number of aromatic nitrogens is 2. The van der Waals surface area contributed by atoms with Gasteiger partial charge < -0.3 is 5.32 Å². The summed E-state index contributed by atoms with van der Waals surface area (Å²) >= 11 is 6.05. The highest BCUT2D eigenvalue weighted by Crippen LogP contribution is 2.26. The number of carbonyl (C=O) groups is 1. The van der Waals surface area contributed by atoms with Crippen LogP contribution < -0.4 is 5.32 Å². The molecule has 184 valence electrons. The van der Waals surface area contributed by atoms with Crippen LogP contribution >= 0.6 is 11.6 Å². The molecule has 0 aliphatic carbocycles. The summed E-state index contributed by atoms with van der Waals surface area (Å²) in [6.45, 7) is 0.380. The van der Waals surface area contributed by atoms with Gasteiger partial charge in [-0.15, -0.1) is 0 Å². The molecule has 0 radical (unpaired) electrons. The molecular weight excluding hydrogens is 501 g/mol. The highest BCUT2D eigenvalue weighted by atomic mass is 35.5. The van der Waals surface area contributed by atoms with Crippen molar-refractivity contribution >= 4 is 38.9 Å². The van der Waals surface area contributed by atoms with Gasteiger partial charge in [-0.3, -0.25) is 19.6 Å². The van der Waals surface area contributed by atoms with Crippen LogP contribution in [-0.4, -0.2) is 46.4 Å². The largest absolute Gasteiger partial charge is 0.323 e. The fourth-order valence-electron chi connectivity index (χ4n) is 3.85. The highest BCUT2D eigenvalue weighted by molar-refractivity contribution is 7.89. The van der Waals surface area contributed by atoms with E-state index in [9.17, 15) is 27.7 Å². The molecule has 1 aliphatic heterocycles. The number of non-ortho nitro benzene ring substituents is 1. The number of nitrogens with one attached hydrogen (secondary N) is 1. The zero-order valence-corrected chi connectivity index (χ0v) is 19.9. The number of hydrogen-bond donors (Lipinski definition) is 1. The van der Waals surface area contributed by atoms with Crippen LogP contribution in [0.2, 0.25) is 5.02 Å². The molecule has 10 nitrogen and oxygen atoms in total. The molecule has 1 saturated heterocycles. The predicted octanol–water partition coefficient (Wildman–Crippen LogP) is 3.67. The van der Waals surface area contributed by atoms with Crippen molar-refractivity contribution in [3.05, 3.63) is 81.4 Å². The fraction of sp³-hybridized carbons (Fsp3) is 0.273. The van der Waals surface area contributed by atoms with E-state index in [-0.39, 0.29) is 46.7 Å². The normalized spacial score (nSPS) is 15.1. The first kappa shape index (κ1) is 24.8. The Morgan fingerprint density at radius 3 is 2.51 bits per heavy atom. The number of nitro groups is 1. The molecule has 0 bridgehead atoms. The van der Waals surface area contributed by atoms with E-state index in [1.807, 2.05) is 0 Å². The van der Waals surface area contributed by atoms with E-state index in [0.29, 0.717) is 18.5 Å².